The molecule has 0 radical (unpaired) electrons. The average molecular weight is 214 g/mol. The highest BCUT2D eigenvalue weighted by molar-refractivity contribution is 5.85. The molecule has 5 heteroatoms. The Kier molecular flexibility index (Phi) is 3.33. The van der Waals surface area contributed by atoms with Crippen molar-refractivity contribution in [3.05, 3.63) is 34.2 Å². The van der Waals surface area contributed by atoms with E-state index >= 15 is 0 Å². The summed E-state index contributed by atoms with van der Waals surface area (Å²) < 4.78 is 0. The van der Waals surface area contributed by atoms with Crippen LogP contribution in [-0.4, -0.2) is 16.5 Å². The van der Waals surface area contributed by atoms with E-state index in [1.807, 2.05) is 18.2 Å². The van der Waals surface area contributed by atoms with Gasteiger partial charge in [-0.05, 0) is 30.7 Å². The monoisotopic (exact) mass is 213 g/mol. The van der Waals surface area contributed by atoms with Gasteiger partial charge in [-0.3, -0.25) is 0 Å². The molecule has 1 heterocycles. The third-order valence-corrected chi connectivity index (χ3v) is 2.01. The van der Waals surface area contributed by atoms with Gasteiger partial charge in [0.25, 0.3) is 0 Å². The lowest BCUT2D eigenvalue weighted by atomic mass is 10.1. The summed E-state index contributed by atoms with van der Waals surface area (Å²) in [6.45, 7) is 0.625. The number of benzene rings is 1. The Morgan fingerprint density at radius 3 is 2.64 bits per heavy atom. The first-order chi connectivity index (χ1) is 6.29. The highest BCUT2D eigenvalue weighted by atomic mass is 35.5. The summed E-state index contributed by atoms with van der Waals surface area (Å²) in [5, 5.41) is 0. The van der Waals surface area contributed by atoms with E-state index in [1.54, 1.807) is 0 Å². The second-order valence-electron chi connectivity index (χ2n) is 3.00. The molecular formula is C9H12ClN3O. The minimum atomic E-state index is -0.167. The molecule has 0 bridgehead atoms. The smallest absolute Gasteiger partial charge is 0.323 e. The Bertz CT molecular complexity index is 474. The number of nitrogens with two attached hydrogens (primary N) is 1. The Labute approximate surface area is 86.9 Å². The maximum absolute atomic E-state index is 10.9. The Balaban J connectivity index is 0.000000980. The molecule has 0 spiro atoms. The molecule has 4 N–H and O–H groups in total. The molecule has 76 valence electrons. The lowest BCUT2D eigenvalue weighted by Gasteiger charge is -1.96. The summed E-state index contributed by atoms with van der Waals surface area (Å²) >= 11 is 0. The van der Waals surface area contributed by atoms with E-state index in [1.165, 1.54) is 0 Å². The molecule has 0 saturated carbocycles. The minimum Gasteiger partial charge on any atom is -0.330 e. The molecule has 0 aliphatic carbocycles. The standard InChI is InChI=1S/C9H11N3O.ClH/c10-4-3-6-1-2-7-8(5-6)12-9(13)11-7;/h1-2,5H,3-4,10H2,(H2,11,12,13);1H. The van der Waals surface area contributed by atoms with Gasteiger partial charge in [0.1, 0.15) is 0 Å². The predicted octanol–water partition coefficient (Wildman–Crippen LogP) is 0.779. The summed E-state index contributed by atoms with van der Waals surface area (Å²) in [6.07, 6.45) is 0.836. The summed E-state index contributed by atoms with van der Waals surface area (Å²) in [4.78, 5) is 16.3. The highest BCUT2D eigenvalue weighted by Gasteiger charge is 1.98. The van der Waals surface area contributed by atoms with Crippen LogP contribution in [0, 0.1) is 0 Å². The molecule has 2 aromatic rings. The van der Waals surface area contributed by atoms with Crippen LogP contribution in [0.3, 0.4) is 0 Å². The third-order valence-electron chi connectivity index (χ3n) is 2.01. The topological polar surface area (TPSA) is 74.7 Å². The van der Waals surface area contributed by atoms with Crippen molar-refractivity contribution in [1.82, 2.24) is 9.97 Å². The summed E-state index contributed by atoms with van der Waals surface area (Å²) in [5.74, 6) is 0. The van der Waals surface area contributed by atoms with Gasteiger partial charge in [-0.1, -0.05) is 6.07 Å². The number of halogens is 1. The molecule has 0 aliphatic heterocycles. The minimum absolute atomic E-state index is 0. The fourth-order valence-corrected chi connectivity index (χ4v) is 1.40. The van der Waals surface area contributed by atoms with Gasteiger partial charge in [-0.2, -0.15) is 0 Å². The normalized spacial score (nSPS) is 10.1. The summed E-state index contributed by atoms with van der Waals surface area (Å²) in [6, 6.07) is 5.80. The van der Waals surface area contributed by atoms with Crippen LogP contribution in [0.15, 0.2) is 23.0 Å². The van der Waals surface area contributed by atoms with Crippen LogP contribution in [0.5, 0.6) is 0 Å². The van der Waals surface area contributed by atoms with Crippen LogP contribution in [0.4, 0.5) is 0 Å². The second kappa shape index (κ2) is 4.30. The Hall–Kier alpha value is -1.26. The van der Waals surface area contributed by atoms with Gasteiger partial charge >= 0.3 is 5.69 Å². The maximum atomic E-state index is 10.9. The first kappa shape index (κ1) is 10.8. The fourth-order valence-electron chi connectivity index (χ4n) is 1.40. The molecule has 0 amide bonds. The lowest BCUT2D eigenvalue weighted by Crippen LogP contribution is -2.02. The van der Waals surface area contributed by atoms with Gasteiger partial charge in [0, 0.05) is 0 Å². The van der Waals surface area contributed by atoms with E-state index in [-0.39, 0.29) is 18.1 Å². The number of hydrogen-bond acceptors (Lipinski definition) is 2. The van der Waals surface area contributed by atoms with E-state index in [2.05, 4.69) is 9.97 Å². The van der Waals surface area contributed by atoms with Crippen LogP contribution in [0.2, 0.25) is 0 Å². The number of aromatic nitrogens is 2. The van der Waals surface area contributed by atoms with Crippen molar-refractivity contribution < 1.29 is 0 Å². The van der Waals surface area contributed by atoms with Gasteiger partial charge in [-0.25, -0.2) is 4.79 Å². The van der Waals surface area contributed by atoms with E-state index in [0.29, 0.717) is 6.54 Å². The lowest BCUT2D eigenvalue weighted by molar-refractivity contribution is 0.970. The van der Waals surface area contributed by atoms with Gasteiger partial charge < -0.3 is 15.7 Å². The van der Waals surface area contributed by atoms with E-state index in [4.69, 9.17) is 5.73 Å². The van der Waals surface area contributed by atoms with E-state index in [9.17, 15) is 4.79 Å². The summed E-state index contributed by atoms with van der Waals surface area (Å²) in [5.41, 5.74) is 8.09. The molecule has 0 fully saturated rings. The zero-order valence-electron chi connectivity index (χ0n) is 7.54. The van der Waals surface area contributed by atoms with Crippen molar-refractivity contribution >= 4 is 23.4 Å². The van der Waals surface area contributed by atoms with Crippen LogP contribution in [-0.2, 0) is 6.42 Å². The number of hydrogen-bond donors (Lipinski definition) is 3. The Morgan fingerprint density at radius 2 is 1.93 bits per heavy atom. The molecule has 1 aromatic heterocycles. The van der Waals surface area contributed by atoms with Crippen molar-refractivity contribution in [2.45, 2.75) is 6.42 Å². The molecule has 0 aliphatic rings. The quantitative estimate of drug-likeness (QED) is 0.690. The molecular weight excluding hydrogens is 202 g/mol. The number of nitrogens with one attached hydrogen (secondary N) is 2. The molecule has 2 rings (SSSR count). The van der Waals surface area contributed by atoms with Gasteiger partial charge in [-0.15, -0.1) is 12.4 Å². The van der Waals surface area contributed by atoms with Crippen molar-refractivity contribution in [2.24, 2.45) is 5.73 Å². The van der Waals surface area contributed by atoms with Crippen LogP contribution < -0.4 is 11.4 Å². The highest BCUT2D eigenvalue weighted by Crippen LogP contribution is 2.09. The molecule has 0 unspecified atom stereocenters. The third kappa shape index (κ3) is 1.97. The number of H-pyrrole nitrogens is 2. The number of aromatic amines is 2. The van der Waals surface area contributed by atoms with Crippen LogP contribution >= 0.6 is 12.4 Å². The molecule has 0 saturated heterocycles. The summed E-state index contributed by atoms with van der Waals surface area (Å²) in [7, 11) is 0. The average Bonchev–Trinajstić information content (AvgIpc) is 2.44. The van der Waals surface area contributed by atoms with Crippen LogP contribution in [0.25, 0.3) is 11.0 Å². The van der Waals surface area contributed by atoms with Gasteiger partial charge in [0.05, 0.1) is 11.0 Å². The predicted molar refractivity (Wildman–Crippen MR) is 58.9 cm³/mol. The first-order valence-electron chi connectivity index (χ1n) is 4.20. The number of fused-ring (bicyclic) bond motifs is 1. The second-order valence-corrected chi connectivity index (χ2v) is 3.00. The van der Waals surface area contributed by atoms with Crippen LogP contribution in [0.1, 0.15) is 5.56 Å². The van der Waals surface area contributed by atoms with Crippen molar-refractivity contribution in [3.8, 4) is 0 Å². The van der Waals surface area contributed by atoms with E-state index in [0.717, 1.165) is 23.0 Å². The zero-order chi connectivity index (χ0) is 9.26. The molecule has 0 atom stereocenters. The van der Waals surface area contributed by atoms with Gasteiger partial charge in [0.15, 0.2) is 0 Å². The SMILES string of the molecule is Cl.NCCc1ccc2[nH]c(=O)[nH]c2c1. The molecule has 14 heavy (non-hydrogen) atoms. The van der Waals surface area contributed by atoms with Crippen molar-refractivity contribution in [3.63, 3.8) is 0 Å². The Morgan fingerprint density at radius 1 is 1.21 bits per heavy atom. The number of imidazole rings is 1. The van der Waals surface area contributed by atoms with Crippen molar-refractivity contribution in [2.75, 3.05) is 6.54 Å². The molecule has 4 nitrogen and oxygen atoms in total. The maximum Gasteiger partial charge on any atom is 0.323 e. The van der Waals surface area contributed by atoms with Gasteiger partial charge in [0.2, 0.25) is 0 Å². The number of rotatable bonds is 2. The first-order valence-corrected chi connectivity index (χ1v) is 4.20. The largest absolute Gasteiger partial charge is 0.330 e. The van der Waals surface area contributed by atoms with E-state index < -0.39 is 0 Å². The fraction of sp³-hybridized carbons (Fsp3) is 0.222. The molecule has 1 aromatic carbocycles. The zero-order valence-corrected chi connectivity index (χ0v) is 8.36. The van der Waals surface area contributed by atoms with Crippen molar-refractivity contribution in [1.29, 1.82) is 0 Å².